The second-order valence-corrected chi connectivity index (χ2v) is 8.95. The van der Waals surface area contributed by atoms with Gasteiger partial charge in [0.25, 0.3) is 0 Å². The van der Waals surface area contributed by atoms with E-state index in [0.29, 0.717) is 17.9 Å². The van der Waals surface area contributed by atoms with Crippen molar-refractivity contribution in [1.29, 1.82) is 0 Å². The SMILES string of the molecule is Cc1ccc(CC(=O)N2CCC3(CC2)C[C@H]3N(C)Cc2nccs2)cc1. The van der Waals surface area contributed by atoms with Gasteiger partial charge in [-0.05, 0) is 44.2 Å². The molecule has 138 valence electrons. The maximum Gasteiger partial charge on any atom is 0.226 e. The molecule has 2 aliphatic rings. The summed E-state index contributed by atoms with van der Waals surface area (Å²) < 4.78 is 0. The molecule has 1 aromatic heterocycles. The number of nitrogens with zero attached hydrogens (tertiary/aromatic N) is 3. The lowest BCUT2D eigenvalue weighted by atomic mass is 9.92. The zero-order chi connectivity index (χ0) is 18.1. The van der Waals surface area contributed by atoms with Gasteiger partial charge in [-0.15, -0.1) is 11.3 Å². The lowest BCUT2D eigenvalue weighted by molar-refractivity contribution is -0.132. The molecule has 26 heavy (non-hydrogen) atoms. The van der Waals surface area contributed by atoms with Gasteiger partial charge in [0.15, 0.2) is 0 Å². The van der Waals surface area contributed by atoms with Gasteiger partial charge in [-0.3, -0.25) is 9.69 Å². The molecule has 1 aliphatic heterocycles. The fourth-order valence-electron chi connectivity index (χ4n) is 4.34. The molecule has 5 heteroatoms. The van der Waals surface area contributed by atoms with Crippen LogP contribution in [0.4, 0.5) is 0 Å². The highest BCUT2D eigenvalue weighted by molar-refractivity contribution is 7.09. The minimum Gasteiger partial charge on any atom is -0.342 e. The van der Waals surface area contributed by atoms with Gasteiger partial charge in [0.2, 0.25) is 5.91 Å². The van der Waals surface area contributed by atoms with Crippen LogP contribution in [0, 0.1) is 12.3 Å². The third-order valence-corrected chi connectivity index (χ3v) is 6.90. The van der Waals surface area contributed by atoms with E-state index in [-0.39, 0.29) is 5.91 Å². The molecule has 1 saturated heterocycles. The average Bonchev–Trinajstić information content (AvgIpc) is 3.09. The smallest absolute Gasteiger partial charge is 0.226 e. The van der Waals surface area contributed by atoms with Gasteiger partial charge in [0.1, 0.15) is 5.01 Å². The molecule has 2 heterocycles. The van der Waals surface area contributed by atoms with Crippen LogP contribution in [-0.2, 0) is 17.8 Å². The fraction of sp³-hybridized carbons (Fsp3) is 0.524. The van der Waals surface area contributed by atoms with E-state index < -0.39 is 0 Å². The molecule has 2 aromatic rings. The van der Waals surface area contributed by atoms with Gasteiger partial charge < -0.3 is 4.90 Å². The predicted octanol–water partition coefficient (Wildman–Crippen LogP) is 3.51. The van der Waals surface area contributed by atoms with Gasteiger partial charge in [-0.2, -0.15) is 0 Å². The maximum atomic E-state index is 12.6. The zero-order valence-corrected chi connectivity index (χ0v) is 16.5. The summed E-state index contributed by atoms with van der Waals surface area (Å²) >= 11 is 1.73. The Labute approximate surface area is 159 Å². The second kappa shape index (κ2) is 7.12. The molecular weight excluding hydrogens is 342 g/mol. The highest BCUT2D eigenvalue weighted by Crippen LogP contribution is 2.56. The summed E-state index contributed by atoms with van der Waals surface area (Å²) in [5, 5.41) is 3.24. The van der Waals surface area contributed by atoms with E-state index >= 15 is 0 Å². The number of aromatic nitrogens is 1. The molecule has 1 aromatic carbocycles. The molecule has 0 N–H and O–H groups in total. The first kappa shape index (κ1) is 17.7. The van der Waals surface area contributed by atoms with Crippen LogP contribution in [0.25, 0.3) is 0 Å². The Kier molecular flexibility index (Phi) is 4.84. The van der Waals surface area contributed by atoms with Crippen molar-refractivity contribution in [2.24, 2.45) is 5.41 Å². The molecule has 0 bridgehead atoms. The average molecular weight is 370 g/mol. The van der Waals surface area contributed by atoms with E-state index in [2.05, 4.69) is 53.0 Å². The summed E-state index contributed by atoms with van der Waals surface area (Å²) in [5.41, 5.74) is 2.79. The Hall–Kier alpha value is -1.72. The number of rotatable bonds is 5. The summed E-state index contributed by atoms with van der Waals surface area (Å²) in [7, 11) is 2.22. The molecular formula is C21H27N3OS. The van der Waals surface area contributed by atoms with Crippen molar-refractivity contribution in [2.45, 2.75) is 45.2 Å². The Bertz CT molecular complexity index is 748. The monoisotopic (exact) mass is 369 g/mol. The summed E-state index contributed by atoms with van der Waals surface area (Å²) in [6.45, 7) is 4.84. The molecule has 1 amide bonds. The van der Waals surface area contributed by atoms with Crippen molar-refractivity contribution in [2.75, 3.05) is 20.1 Å². The van der Waals surface area contributed by atoms with E-state index in [1.54, 1.807) is 11.3 Å². The topological polar surface area (TPSA) is 36.4 Å². The summed E-state index contributed by atoms with van der Waals surface area (Å²) in [6, 6.07) is 8.97. The van der Waals surface area contributed by atoms with Crippen LogP contribution in [-0.4, -0.2) is 46.9 Å². The van der Waals surface area contributed by atoms with Crippen molar-refractivity contribution in [3.8, 4) is 0 Å². The number of hydrogen-bond donors (Lipinski definition) is 0. The van der Waals surface area contributed by atoms with E-state index in [1.807, 2.05) is 11.6 Å². The maximum absolute atomic E-state index is 12.6. The van der Waals surface area contributed by atoms with Crippen molar-refractivity contribution >= 4 is 17.2 Å². The molecule has 4 nitrogen and oxygen atoms in total. The molecule has 1 saturated carbocycles. The van der Waals surface area contributed by atoms with Crippen molar-refractivity contribution in [1.82, 2.24) is 14.8 Å². The molecule has 1 spiro atoms. The van der Waals surface area contributed by atoms with Gasteiger partial charge >= 0.3 is 0 Å². The highest BCUT2D eigenvalue weighted by atomic mass is 32.1. The first-order chi connectivity index (χ1) is 12.6. The van der Waals surface area contributed by atoms with Crippen LogP contribution in [0.3, 0.4) is 0 Å². The van der Waals surface area contributed by atoms with Crippen molar-refractivity contribution < 1.29 is 4.79 Å². The quantitative estimate of drug-likeness (QED) is 0.809. The predicted molar refractivity (Wildman–Crippen MR) is 105 cm³/mol. The van der Waals surface area contributed by atoms with Crippen LogP contribution < -0.4 is 0 Å². The minimum atomic E-state index is 0.275. The zero-order valence-electron chi connectivity index (χ0n) is 15.6. The van der Waals surface area contributed by atoms with E-state index in [4.69, 9.17) is 0 Å². The normalized spacial score (nSPS) is 21.3. The Morgan fingerprint density at radius 2 is 2.04 bits per heavy atom. The Morgan fingerprint density at radius 3 is 2.69 bits per heavy atom. The number of carbonyl (C=O) groups excluding carboxylic acids is 1. The van der Waals surface area contributed by atoms with Crippen LogP contribution in [0.1, 0.15) is 35.4 Å². The molecule has 0 radical (unpaired) electrons. The summed E-state index contributed by atoms with van der Waals surface area (Å²) in [4.78, 5) is 21.6. The number of aryl methyl sites for hydroxylation is 1. The van der Waals surface area contributed by atoms with E-state index in [9.17, 15) is 4.79 Å². The van der Waals surface area contributed by atoms with E-state index in [0.717, 1.165) is 38.0 Å². The Morgan fingerprint density at radius 1 is 1.31 bits per heavy atom. The summed E-state index contributed by atoms with van der Waals surface area (Å²) in [5.74, 6) is 0.275. The molecule has 1 aliphatic carbocycles. The number of thiazole rings is 1. The van der Waals surface area contributed by atoms with E-state index in [1.165, 1.54) is 17.0 Å². The fourth-order valence-corrected chi connectivity index (χ4v) is 5.01. The van der Waals surface area contributed by atoms with Crippen LogP contribution in [0.2, 0.25) is 0 Å². The standard InChI is InChI=1S/C21H27N3OS/c1-16-3-5-17(6-4-16)13-20(25)24-10-7-21(8-11-24)14-18(21)23(2)15-19-22-9-12-26-19/h3-6,9,12,18H,7-8,10-11,13-15H2,1-2H3/t18-/m1/s1. The number of piperidine rings is 1. The van der Waals surface area contributed by atoms with Gasteiger partial charge in [0, 0.05) is 30.7 Å². The van der Waals surface area contributed by atoms with Crippen LogP contribution in [0.15, 0.2) is 35.8 Å². The first-order valence-electron chi connectivity index (χ1n) is 9.48. The first-order valence-corrected chi connectivity index (χ1v) is 10.4. The molecule has 4 rings (SSSR count). The third kappa shape index (κ3) is 3.69. The third-order valence-electron chi connectivity index (χ3n) is 6.13. The lowest BCUT2D eigenvalue weighted by Gasteiger charge is -2.34. The minimum absolute atomic E-state index is 0.275. The van der Waals surface area contributed by atoms with Crippen LogP contribution in [0.5, 0.6) is 0 Å². The number of likely N-dealkylation sites (tertiary alicyclic amines) is 1. The molecule has 2 fully saturated rings. The van der Waals surface area contributed by atoms with Crippen molar-refractivity contribution in [3.63, 3.8) is 0 Å². The number of benzene rings is 1. The largest absolute Gasteiger partial charge is 0.342 e. The molecule has 1 atom stereocenters. The number of amides is 1. The molecule has 0 unspecified atom stereocenters. The van der Waals surface area contributed by atoms with Gasteiger partial charge in [-0.1, -0.05) is 29.8 Å². The second-order valence-electron chi connectivity index (χ2n) is 7.97. The highest BCUT2D eigenvalue weighted by Gasteiger charge is 2.56. The van der Waals surface area contributed by atoms with Crippen molar-refractivity contribution in [3.05, 3.63) is 52.0 Å². The lowest BCUT2D eigenvalue weighted by Crippen LogP contribution is -2.41. The van der Waals surface area contributed by atoms with Gasteiger partial charge in [0.05, 0.1) is 13.0 Å². The number of carbonyl (C=O) groups is 1. The van der Waals surface area contributed by atoms with Crippen LogP contribution >= 0.6 is 11.3 Å². The van der Waals surface area contributed by atoms with Gasteiger partial charge in [-0.25, -0.2) is 4.98 Å². The number of hydrogen-bond acceptors (Lipinski definition) is 4. The Balaban J connectivity index is 1.27. The summed E-state index contributed by atoms with van der Waals surface area (Å²) in [6.07, 6.45) is 5.96.